The molecule has 0 unspecified atom stereocenters. The molecule has 1 aliphatic heterocycles. The van der Waals surface area contributed by atoms with Crippen LogP contribution in [0.15, 0.2) is 0 Å². The van der Waals surface area contributed by atoms with Crippen LogP contribution in [0.2, 0.25) is 0 Å². The zero-order valence-corrected chi connectivity index (χ0v) is 10.6. The molecule has 1 saturated heterocycles. The van der Waals surface area contributed by atoms with Gasteiger partial charge in [0.2, 0.25) is 11.8 Å². The van der Waals surface area contributed by atoms with Crippen molar-refractivity contribution in [2.24, 2.45) is 11.3 Å². The molecule has 4 amide bonds. The van der Waals surface area contributed by atoms with E-state index in [0.29, 0.717) is 18.8 Å². The largest absolute Gasteiger partial charge is 0.328 e. The van der Waals surface area contributed by atoms with Gasteiger partial charge in [0.15, 0.2) is 0 Å². The highest BCUT2D eigenvalue weighted by molar-refractivity contribution is 6.19. The second-order valence-electron chi connectivity index (χ2n) is 4.96. The molecule has 5 heteroatoms. The lowest BCUT2D eigenvalue weighted by Gasteiger charge is -2.33. The molecule has 96 valence electrons. The molecule has 0 spiro atoms. The summed E-state index contributed by atoms with van der Waals surface area (Å²) < 4.78 is 0. The van der Waals surface area contributed by atoms with Crippen molar-refractivity contribution in [2.45, 2.75) is 46.5 Å². The molecule has 0 aromatic carbocycles. The molecule has 0 atom stereocenters. The highest BCUT2D eigenvalue weighted by Gasteiger charge is 2.48. The van der Waals surface area contributed by atoms with Crippen LogP contribution < -0.4 is 10.6 Å². The van der Waals surface area contributed by atoms with Crippen molar-refractivity contribution in [2.75, 3.05) is 0 Å². The van der Waals surface area contributed by atoms with E-state index in [1.807, 2.05) is 0 Å². The van der Waals surface area contributed by atoms with Gasteiger partial charge in [-0.25, -0.2) is 4.79 Å². The topological polar surface area (TPSA) is 75.3 Å². The predicted molar refractivity (Wildman–Crippen MR) is 63.1 cm³/mol. The second-order valence-corrected chi connectivity index (χ2v) is 4.96. The Kier molecular flexibility index (Phi) is 4.26. The standard InChI is InChI=1S/C12H20N2O3/c1-4-12(7-5-6-8(2)3)9(15)13-11(17)14-10(12)16/h8H,4-7H2,1-3H3,(H2,13,14,15,16,17). The molecule has 1 rings (SSSR count). The van der Waals surface area contributed by atoms with Crippen molar-refractivity contribution in [1.82, 2.24) is 10.6 Å². The van der Waals surface area contributed by atoms with Crippen LogP contribution in [-0.2, 0) is 9.59 Å². The van der Waals surface area contributed by atoms with E-state index >= 15 is 0 Å². The number of rotatable bonds is 5. The molecule has 1 aliphatic rings. The summed E-state index contributed by atoms with van der Waals surface area (Å²) >= 11 is 0. The summed E-state index contributed by atoms with van der Waals surface area (Å²) in [5.74, 6) is -0.379. The van der Waals surface area contributed by atoms with Crippen LogP contribution in [0.4, 0.5) is 4.79 Å². The van der Waals surface area contributed by atoms with Crippen molar-refractivity contribution < 1.29 is 14.4 Å². The first-order valence-electron chi connectivity index (χ1n) is 6.09. The van der Waals surface area contributed by atoms with E-state index in [4.69, 9.17) is 0 Å². The summed E-state index contributed by atoms with van der Waals surface area (Å²) in [5.41, 5.74) is -1.07. The first-order chi connectivity index (χ1) is 7.92. The van der Waals surface area contributed by atoms with E-state index < -0.39 is 23.3 Å². The van der Waals surface area contributed by atoms with Gasteiger partial charge < -0.3 is 0 Å². The third kappa shape index (κ3) is 2.84. The van der Waals surface area contributed by atoms with E-state index in [1.165, 1.54) is 0 Å². The van der Waals surface area contributed by atoms with Crippen LogP contribution in [0.25, 0.3) is 0 Å². The predicted octanol–water partition coefficient (Wildman–Crippen LogP) is 1.58. The number of hydrogen-bond acceptors (Lipinski definition) is 3. The molecule has 0 radical (unpaired) electrons. The van der Waals surface area contributed by atoms with Gasteiger partial charge in [-0.2, -0.15) is 0 Å². The van der Waals surface area contributed by atoms with Crippen molar-refractivity contribution >= 4 is 17.8 Å². The maximum absolute atomic E-state index is 11.9. The first kappa shape index (κ1) is 13.7. The Labute approximate surface area is 101 Å². The number of imide groups is 2. The smallest absolute Gasteiger partial charge is 0.277 e. The lowest BCUT2D eigenvalue weighted by Crippen LogP contribution is -2.62. The van der Waals surface area contributed by atoms with Gasteiger partial charge in [-0.05, 0) is 18.8 Å². The number of carbonyl (C=O) groups excluding carboxylic acids is 3. The monoisotopic (exact) mass is 240 g/mol. The summed E-state index contributed by atoms with van der Waals surface area (Å²) in [6, 6.07) is -0.715. The Hall–Kier alpha value is -1.39. The molecule has 1 fully saturated rings. The third-order valence-corrected chi connectivity index (χ3v) is 3.31. The Bertz CT molecular complexity index is 317. The van der Waals surface area contributed by atoms with Crippen LogP contribution in [0.5, 0.6) is 0 Å². The third-order valence-electron chi connectivity index (χ3n) is 3.31. The fourth-order valence-electron chi connectivity index (χ4n) is 2.12. The molecule has 1 heterocycles. The fourth-order valence-corrected chi connectivity index (χ4v) is 2.12. The van der Waals surface area contributed by atoms with Crippen molar-refractivity contribution in [3.8, 4) is 0 Å². The van der Waals surface area contributed by atoms with Crippen molar-refractivity contribution in [3.05, 3.63) is 0 Å². The van der Waals surface area contributed by atoms with Crippen molar-refractivity contribution in [3.63, 3.8) is 0 Å². The summed E-state index contributed by atoms with van der Waals surface area (Å²) in [6.07, 6.45) is 2.68. The Morgan fingerprint density at radius 3 is 2.06 bits per heavy atom. The van der Waals surface area contributed by atoms with Crippen molar-refractivity contribution in [1.29, 1.82) is 0 Å². The van der Waals surface area contributed by atoms with Crippen LogP contribution in [0, 0.1) is 11.3 Å². The average Bonchev–Trinajstić information content (AvgIpc) is 2.22. The molecular weight excluding hydrogens is 220 g/mol. The summed E-state index contributed by atoms with van der Waals surface area (Å²) in [5, 5.41) is 4.36. The molecular formula is C12H20N2O3. The van der Waals surface area contributed by atoms with E-state index in [-0.39, 0.29) is 0 Å². The maximum atomic E-state index is 11.9. The molecule has 0 saturated carbocycles. The number of amides is 4. The zero-order valence-electron chi connectivity index (χ0n) is 10.6. The molecule has 0 aromatic rings. The van der Waals surface area contributed by atoms with Crippen LogP contribution in [0.1, 0.15) is 46.5 Å². The minimum absolute atomic E-state index is 0.413. The molecule has 0 aliphatic carbocycles. The van der Waals surface area contributed by atoms with Gasteiger partial charge in [-0.1, -0.05) is 33.6 Å². The molecule has 17 heavy (non-hydrogen) atoms. The van der Waals surface area contributed by atoms with E-state index in [0.717, 1.165) is 12.8 Å². The summed E-state index contributed by atoms with van der Waals surface area (Å²) in [6.45, 7) is 6.00. The molecule has 2 N–H and O–H groups in total. The van der Waals surface area contributed by atoms with Gasteiger partial charge in [0.05, 0.1) is 0 Å². The zero-order chi connectivity index (χ0) is 13.1. The highest BCUT2D eigenvalue weighted by atomic mass is 16.2. The molecule has 0 bridgehead atoms. The van der Waals surface area contributed by atoms with E-state index in [9.17, 15) is 14.4 Å². The molecule has 5 nitrogen and oxygen atoms in total. The molecule has 0 aromatic heterocycles. The lowest BCUT2D eigenvalue weighted by molar-refractivity contribution is -0.145. The van der Waals surface area contributed by atoms with Gasteiger partial charge in [0.25, 0.3) is 0 Å². The minimum atomic E-state index is -1.07. The second kappa shape index (κ2) is 5.29. The van der Waals surface area contributed by atoms with Crippen LogP contribution >= 0.6 is 0 Å². The van der Waals surface area contributed by atoms with Crippen LogP contribution in [-0.4, -0.2) is 17.8 Å². The fraction of sp³-hybridized carbons (Fsp3) is 0.750. The Balaban J connectivity index is 2.75. The highest BCUT2D eigenvalue weighted by Crippen LogP contribution is 2.31. The first-order valence-corrected chi connectivity index (χ1v) is 6.09. The SMILES string of the molecule is CCC1(CCCC(C)C)C(=O)NC(=O)NC1=O. The van der Waals surface area contributed by atoms with Gasteiger partial charge in [0, 0.05) is 0 Å². The van der Waals surface area contributed by atoms with Gasteiger partial charge in [-0.15, -0.1) is 0 Å². The summed E-state index contributed by atoms with van der Waals surface area (Å²) in [7, 11) is 0. The van der Waals surface area contributed by atoms with Gasteiger partial charge in [0.1, 0.15) is 5.41 Å². The normalized spacial score (nSPS) is 19.2. The lowest BCUT2D eigenvalue weighted by atomic mass is 9.77. The van der Waals surface area contributed by atoms with Crippen LogP contribution in [0.3, 0.4) is 0 Å². The van der Waals surface area contributed by atoms with Gasteiger partial charge >= 0.3 is 6.03 Å². The number of nitrogens with one attached hydrogen (secondary N) is 2. The van der Waals surface area contributed by atoms with Gasteiger partial charge in [-0.3, -0.25) is 20.2 Å². The minimum Gasteiger partial charge on any atom is -0.277 e. The number of barbiturate groups is 1. The Morgan fingerprint density at radius 1 is 1.12 bits per heavy atom. The quantitative estimate of drug-likeness (QED) is 0.716. The average molecular weight is 240 g/mol. The number of urea groups is 1. The summed E-state index contributed by atoms with van der Waals surface area (Å²) in [4.78, 5) is 34.7. The van der Waals surface area contributed by atoms with E-state index in [1.54, 1.807) is 6.92 Å². The number of carbonyl (C=O) groups is 3. The number of hydrogen-bond donors (Lipinski definition) is 2. The maximum Gasteiger partial charge on any atom is 0.328 e. The Morgan fingerprint density at radius 2 is 1.65 bits per heavy atom. The van der Waals surface area contributed by atoms with E-state index in [2.05, 4.69) is 24.5 Å².